The number of oxazole rings is 1. The van der Waals surface area contributed by atoms with Gasteiger partial charge in [-0.05, 0) is 19.1 Å². The molecule has 24 heavy (non-hydrogen) atoms. The number of rotatable bonds is 5. The van der Waals surface area contributed by atoms with Crippen LogP contribution < -0.4 is 10.6 Å². The van der Waals surface area contributed by atoms with E-state index in [1.165, 1.54) is 4.88 Å². The summed E-state index contributed by atoms with van der Waals surface area (Å²) in [5, 5.41) is 6.51. The summed E-state index contributed by atoms with van der Waals surface area (Å²) in [6.07, 6.45) is 1.66. The Morgan fingerprint density at radius 1 is 1.21 bits per heavy atom. The van der Waals surface area contributed by atoms with Crippen molar-refractivity contribution in [3.05, 3.63) is 58.4 Å². The summed E-state index contributed by atoms with van der Waals surface area (Å²) in [5.41, 5.74) is 4.69. The van der Waals surface area contributed by atoms with Crippen LogP contribution in [0, 0.1) is 6.92 Å². The lowest BCUT2D eigenvalue weighted by Crippen LogP contribution is -2.36. The number of benzene rings is 1. The Hall–Kier alpha value is -2.67. The monoisotopic (exact) mass is 341 g/mol. The molecule has 0 radical (unpaired) electrons. The minimum Gasteiger partial charge on any atom is -0.444 e. The van der Waals surface area contributed by atoms with Crippen LogP contribution in [0.4, 0.5) is 0 Å². The number of hydrogen-bond acceptors (Lipinski definition) is 5. The van der Waals surface area contributed by atoms with Crippen LogP contribution in [0.5, 0.6) is 0 Å². The normalized spacial score (nSPS) is 11.5. The van der Waals surface area contributed by atoms with Crippen molar-refractivity contribution in [2.24, 2.45) is 4.99 Å². The Bertz CT molecular complexity index is 809. The summed E-state index contributed by atoms with van der Waals surface area (Å²) in [7, 11) is 1.74. The minimum absolute atomic E-state index is 0.539. The van der Waals surface area contributed by atoms with Gasteiger partial charge in [0.15, 0.2) is 5.96 Å². The van der Waals surface area contributed by atoms with Gasteiger partial charge in [-0.2, -0.15) is 0 Å². The van der Waals surface area contributed by atoms with Crippen molar-refractivity contribution in [3.8, 4) is 11.5 Å². The highest BCUT2D eigenvalue weighted by atomic mass is 32.1. The zero-order chi connectivity index (χ0) is 16.8. The zero-order valence-electron chi connectivity index (χ0n) is 13.6. The second kappa shape index (κ2) is 7.74. The highest BCUT2D eigenvalue weighted by molar-refractivity contribution is 7.09. The molecule has 0 atom stereocenters. The quantitative estimate of drug-likeness (QED) is 0.551. The molecule has 6 nitrogen and oxygen atoms in total. The Morgan fingerprint density at radius 3 is 2.71 bits per heavy atom. The Morgan fingerprint density at radius 2 is 2.00 bits per heavy atom. The van der Waals surface area contributed by atoms with Crippen LogP contribution in [-0.2, 0) is 13.1 Å². The van der Waals surface area contributed by atoms with Crippen molar-refractivity contribution in [3.63, 3.8) is 0 Å². The van der Waals surface area contributed by atoms with Gasteiger partial charge >= 0.3 is 0 Å². The van der Waals surface area contributed by atoms with Gasteiger partial charge in [0, 0.05) is 17.5 Å². The van der Waals surface area contributed by atoms with Gasteiger partial charge in [0.05, 0.1) is 30.0 Å². The molecule has 2 aromatic heterocycles. The highest BCUT2D eigenvalue weighted by Gasteiger charge is 2.07. The zero-order valence-corrected chi connectivity index (χ0v) is 14.4. The van der Waals surface area contributed by atoms with Crippen LogP contribution in [0.1, 0.15) is 16.3 Å². The molecule has 1 aromatic carbocycles. The van der Waals surface area contributed by atoms with Gasteiger partial charge in [0.2, 0.25) is 5.89 Å². The predicted octanol–water partition coefficient (Wildman–Crippen LogP) is 2.97. The largest absolute Gasteiger partial charge is 0.444 e. The van der Waals surface area contributed by atoms with Gasteiger partial charge in [-0.25, -0.2) is 9.97 Å². The molecule has 3 rings (SSSR count). The summed E-state index contributed by atoms with van der Waals surface area (Å²) >= 11 is 1.63. The van der Waals surface area contributed by atoms with Crippen LogP contribution >= 0.6 is 11.3 Å². The third-order valence-electron chi connectivity index (χ3n) is 3.49. The maximum Gasteiger partial charge on any atom is 0.226 e. The van der Waals surface area contributed by atoms with Crippen molar-refractivity contribution >= 4 is 17.3 Å². The topological polar surface area (TPSA) is 75.3 Å². The minimum atomic E-state index is 0.539. The number of aliphatic imine (C=N–C) groups is 1. The van der Waals surface area contributed by atoms with Crippen molar-refractivity contribution in [2.75, 3.05) is 7.05 Å². The van der Waals surface area contributed by atoms with Crippen molar-refractivity contribution in [2.45, 2.75) is 20.0 Å². The Balaban J connectivity index is 1.54. The molecule has 2 N–H and O–H groups in total. The molecule has 2 heterocycles. The molecule has 3 aromatic rings. The van der Waals surface area contributed by atoms with Crippen LogP contribution in [0.25, 0.3) is 11.5 Å². The Kier molecular flexibility index (Phi) is 5.22. The predicted molar refractivity (Wildman–Crippen MR) is 95.8 cm³/mol. The lowest BCUT2D eigenvalue weighted by Gasteiger charge is -2.10. The van der Waals surface area contributed by atoms with Crippen molar-refractivity contribution in [1.82, 2.24) is 20.6 Å². The molecule has 0 saturated carbocycles. The average Bonchev–Trinajstić information content (AvgIpc) is 3.25. The van der Waals surface area contributed by atoms with Crippen LogP contribution in [-0.4, -0.2) is 23.0 Å². The number of guanidine groups is 1. The van der Waals surface area contributed by atoms with E-state index in [9.17, 15) is 0 Å². The highest BCUT2D eigenvalue weighted by Crippen LogP contribution is 2.17. The van der Waals surface area contributed by atoms with Gasteiger partial charge in [-0.1, -0.05) is 18.2 Å². The number of aromatic nitrogens is 2. The van der Waals surface area contributed by atoms with E-state index in [1.807, 2.05) is 42.8 Å². The van der Waals surface area contributed by atoms with Gasteiger partial charge in [-0.3, -0.25) is 4.99 Å². The van der Waals surface area contributed by atoms with Crippen LogP contribution in [0.3, 0.4) is 0 Å². The number of thiazole rings is 1. The van der Waals surface area contributed by atoms with E-state index >= 15 is 0 Å². The molecule has 0 aliphatic rings. The molecule has 124 valence electrons. The first-order valence-corrected chi connectivity index (χ1v) is 8.47. The summed E-state index contributed by atoms with van der Waals surface area (Å²) in [6, 6.07) is 9.84. The standard InChI is InChI=1S/C17H19N5OS/c1-12-15(24-11-21-12)9-20-17(18-2)19-8-14-10-23-16(22-14)13-6-4-3-5-7-13/h3-7,10-11H,8-9H2,1-2H3,(H2,18,19,20). The third kappa shape index (κ3) is 3.99. The first-order valence-electron chi connectivity index (χ1n) is 7.59. The van der Waals surface area contributed by atoms with Crippen LogP contribution in [0.2, 0.25) is 0 Å². The fraction of sp³-hybridized carbons (Fsp3) is 0.235. The molecule has 0 amide bonds. The fourth-order valence-corrected chi connectivity index (χ4v) is 2.87. The van der Waals surface area contributed by atoms with Crippen molar-refractivity contribution in [1.29, 1.82) is 0 Å². The van der Waals surface area contributed by atoms with E-state index in [1.54, 1.807) is 24.6 Å². The molecular weight excluding hydrogens is 322 g/mol. The lowest BCUT2D eigenvalue weighted by atomic mass is 10.2. The first kappa shape index (κ1) is 16.2. The second-order valence-electron chi connectivity index (χ2n) is 5.15. The maximum atomic E-state index is 5.53. The van der Waals surface area contributed by atoms with E-state index in [-0.39, 0.29) is 0 Å². The van der Waals surface area contributed by atoms with Gasteiger partial charge in [0.1, 0.15) is 6.26 Å². The summed E-state index contributed by atoms with van der Waals surface area (Å²) < 4.78 is 5.53. The summed E-state index contributed by atoms with van der Waals surface area (Å²) in [5.74, 6) is 1.34. The molecule has 0 bridgehead atoms. The molecule has 0 saturated heterocycles. The molecule has 0 fully saturated rings. The van der Waals surface area contributed by atoms with E-state index in [0.29, 0.717) is 24.9 Å². The SMILES string of the molecule is CN=C(NCc1coc(-c2ccccc2)n1)NCc1scnc1C. The summed E-state index contributed by atoms with van der Waals surface area (Å²) in [4.78, 5) is 14.1. The number of hydrogen-bond donors (Lipinski definition) is 2. The van der Waals surface area contributed by atoms with Crippen LogP contribution in [0.15, 0.2) is 51.5 Å². The second-order valence-corrected chi connectivity index (χ2v) is 6.09. The molecule has 0 unspecified atom stereocenters. The number of nitrogens with one attached hydrogen (secondary N) is 2. The number of nitrogens with zero attached hydrogens (tertiary/aromatic N) is 3. The molecule has 0 aliphatic carbocycles. The van der Waals surface area contributed by atoms with E-state index < -0.39 is 0 Å². The third-order valence-corrected chi connectivity index (χ3v) is 4.43. The molecular formula is C17H19N5OS. The van der Waals surface area contributed by atoms with Crippen molar-refractivity contribution < 1.29 is 4.42 Å². The van der Waals surface area contributed by atoms with Gasteiger partial charge < -0.3 is 15.1 Å². The first-order chi connectivity index (χ1) is 11.8. The van der Waals surface area contributed by atoms with Gasteiger partial charge in [0.25, 0.3) is 0 Å². The lowest BCUT2D eigenvalue weighted by molar-refractivity contribution is 0.572. The average molecular weight is 341 g/mol. The molecule has 0 aliphatic heterocycles. The van der Waals surface area contributed by atoms with E-state index in [2.05, 4.69) is 25.6 Å². The fourth-order valence-electron chi connectivity index (χ4n) is 2.16. The smallest absolute Gasteiger partial charge is 0.226 e. The summed E-state index contributed by atoms with van der Waals surface area (Å²) in [6.45, 7) is 3.24. The Labute approximate surface area is 144 Å². The van der Waals surface area contributed by atoms with E-state index in [0.717, 1.165) is 17.0 Å². The van der Waals surface area contributed by atoms with Gasteiger partial charge in [-0.15, -0.1) is 11.3 Å². The molecule has 0 spiro atoms. The maximum absolute atomic E-state index is 5.53. The number of aryl methyl sites for hydroxylation is 1. The van der Waals surface area contributed by atoms with E-state index in [4.69, 9.17) is 4.42 Å². The molecule has 7 heteroatoms.